The van der Waals surface area contributed by atoms with Crippen molar-refractivity contribution in [2.75, 3.05) is 0 Å². The zero-order valence-electron chi connectivity index (χ0n) is 6.82. The van der Waals surface area contributed by atoms with E-state index in [2.05, 4.69) is 12.6 Å². The maximum atomic E-state index is 13.4. The zero-order chi connectivity index (χ0) is 10.3. The molecule has 0 aliphatic carbocycles. The van der Waals surface area contributed by atoms with Gasteiger partial charge < -0.3 is 5.11 Å². The van der Waals surface area contributed by atoms with Crippen LogP contribution in [0, 0.1) is 5.82 Å². The molecule has 0 unspecified atom stereocenters. The highest BCUT2D eigenvalue weighted by molar-refractivity contribution is 7.80. The molecule has 0 saturated carbocycles. The fourth-order valence-electron chi connectivity index (χ4n) is 1.26. The van der Waals surface area contributed by atoms with E-state index < -0.39 is 11.8 Å². The number of benzene rings is 1. The summed E-state index contributed by atoms with van der Waals surface area (Å²) < 4.78 is 13.8. The van der Waals surface area contributed by atoms with Crippen molar-refractivity contribution in [2.24, 2.45) is 0 Å². The van der Waals surface area contributed by atoms with Gasteiger partial charge in [-0.2, -0.15) is 0 Å². The molecular weight excluding hydrogens is 223 g/mol. The van der Waals surface area contributed by atoms with Crippen LogP contribution in [0.3, 0.4) is 0 Å². The third-order valence-electron chi connectivity index (χ3n) is 1.89. The predicted octanol–water partition coefficient (Wildman–Crippen LogP) is 3.03. The Balaban J connectivity index is 2.91. The summed E-state index contributed by atoms with van der Waals surface area (Å²) in [6.45, 7) is 0. The van der Waals surface area contributed by atoms with Crippen molar-refractivity contribution < 1.29 is 14.3 Å². The van der Waals surface area contributed by atoms with Gasteiger partial charge in [-0.1, -0.05) is 0 Å². The summed E-state index contributed by atoms with van der Waals surface area (Å²) in [7, 11) is 0. The van der Waals surface area contributed by atoms with Crippen molar-refractivity contribution in [3.63, 3.8) is 0 Å². The molecule has 0 bridgehead atoms. The number of carbonyl (C=O) groups is 1. The summed E-state index contributed by atoms with van der Waals surface area (Å²) in [4.78, 5) is 10.9. The summed E-state index contributed by atoms with van der Waals surface area (Å²) in [5, 5.41) is 11.0. The van der Waals surface area contributed by atoms with Gasteiger partial charge in [0, 0.05) is 10.3 Å². The van der Waals surface area contributed by atoms with Crippen LogP contribution in [0.2, 0.25) is 0 Å². The maximum Gasteiger partial charge on any atom is 0.336 e. The Hall–Kier alpha value is -1.07. The Morgan fingerprint density at radius 2 is 2.29 bits per heavy atom. The molecule has 1 aromatic carbocycles. The highest BCUT2D eigenvalue weighted by Gasteiger charge is 2.15. The largest absolute Gasteiger partial charge is 0.478 e. The van der Waals surface area contributed by atoms with Gasteiger partial charge in [-0.25, -0.2) is 9.18 Å². The lowest BCUT2D eigenvalue weighted by molar-refractivity contribution is 0.0699. The molecule has 0 amide bonds. The average Bonchev–Trinajstić information content (AvgIpc) is 2.59. The number of carboxylic acids is 1. The third kappa shape index (κ3) is 1.29. The van der Waals surface area contributed by atoms with E-state index in [0.717, 1.165) is 0 Å². The molecule has 2 nitrogen and oxygen atoms in total. The average molecular weight is 228 g/mol. The predicted molar refractivity (Wildman–Crippen MR) is 56.0 cm³/mol. The molecular formula is C9H5FO2S2. The number of carboxylic acid groups (broad SMARTS) is 1. The molecule has 1 N–H and O–H groups in total. The number of thiol groups is 1. The van der Waals surface area contributed by atoms with Crippen molar-refractivity contribution in [1.29, 1.82) is 0 Å². The Labute approximate surface area is 88.4 Å². The van der Waals surface area contributed by atoms with Crippen LogP contribution in [-0.2, 0) is 0 Å². The monoisotopic (exact) mass is 228 g/mol. The van der Waals surface area contributed by atoms with Crippen molar-refractivity contribution in [1.82, 2.24) is 0 Å². The lowest BCUT2D eigenvalue weighted by Gasteiger charge is -2.01. The summed E-state index contributed by atoms with van der Waals surface area (Å²) in [6.07, 6.45) is 0. The second-order valence-electron chi connectivity index (χ2n) is 2.73. The summed E-state index contributed by atoms with van der Waals surface area (Å²) >= 11 is 5.05. The first kappa shape index (κ1) is 9.48. The van der Waals surface area contributed by atoms with Gasteiger partial charge in [0.15, 0.2) is 5.82 Å². The Kier molecular flexibility index (Phi) is 2.20. The quantitative estimate of drug-likeness (QED) is 0.736. The molecule has 0 aliphatic heterocycles. The van der Waals surface area contributed by atoms with E-state index >= 15 is 0 Å². The Bertz CT molecular complexity index is 519. The van der Waals surface area contributed by atoms with E-state index in [1.54, 1.807) is 11.4 Å². The number of hydrogen-bond acceptors (Lipinski definition) is 3. The minimum absolute atomic E-state index is 0.0670. The second-order valence-corrected chi connectivity index (χ2v) is 4.12. The molecule has 1 aromatic heterocycles. The molecule has 1 heterocycles. The van der Waals surface area contributed by atoms with Crippen molar-refractivity contribution >= 4 is 40.0 Å². The van der Waals surface area contributed by atoms with Crippen LogP contribution in [0.15, 0.2) is 22.4 Å². The van der Waals surface area contributed by atoms with Gasteiger partial charge in [-0.15, -0.1) is 24.0 Å². The standard InChI is InChI=1S/C9H5FO2S2/c10-7-6(13)3-5(9(11)12)4-1-2-14-8(4)7/h1-3,13H,(H,11,12). The first-order valence-electron chi connectivity index (χ1n) is 3.73. The normalized spacial score (nSPS) is 10.7. The molecule has 2 aromatic rings. The van der Waals surface area contributed by atoms with Crippen LogP contribution < -0.4 is 0 Å². The smallest absolute Gasteiger partial charge is 0.336 e. The van der Waals surface area contributed by atoms with E-state index in [1.165, 1.54) is 17.4 Å². The number of halogens is 1. The van der Waals surface area contributed by atoms with Gasteiger partial charge in [0.25, 0.3) is 0 Å². The van der Waals surface area contributed by atoms with Gasteiger partial charge in [-0.05, 0) is 17.5 Å². The van der Waals surface area contributed by atoms with E-state index in [-0.39, 0.29) is 10.5 Å². The van der Waals surface area contributed by atoms with E-state index in [1.807, 2.05) is 0 Å². The summed E-state index contributed by atoms with van der Waals surface area (Å²) in [5.41, 5.74) is 0.0904. The van der Waals surface area contributed by atoms with Gasteiger partial charge in [0.05, 0.1) is 10.3 Å². The zero-order valence-corrected chi connectivity index (χ0v) is 8.53. The van der Waals surface area contributed by atoms with Crippen LogP contribution in [0.5, 0.6) is 0 Å². The van der Waals surface area contributed by atoms with Crippen molar-refractivity contribution in [3.8, 4) is 0 Å². The number of aromatic carboxylic acids is 1. The molecule has 2 rings (SSSR count). The fourth-order valence-corrected chi connectivity index (χ4v) is 2.44. The van der Waals surface area contributed by atoms with Gasteiger partial charge in [0.2, 0.25) is 0 Å². The minimum atomic E-state index is -1.07. The molecule has 0 atom stereocenters. The van der Waals surface area contributed by atoms with Crippen LogP contribution >= 0.6 is 24.0 Å². The third-order valence-corrected chi connectivity index (χ3v) is 3.12. The maximum absolute atomic E-state index is 13.4. The lowest BCUT2D eigenvalue weighted by atomic mass is 10.1. The highest BCUT2D eigenvalue weighted by Crippen LogP contribution is 2.31. The Morgan fingerprint density at radius 3 is 2.93 bits per heavy atom. The van der Waals surface area contributed by atoms with Gasteiger partial charge in [0.1, 0.15) is 0 Å². The first-order chi connectivity index (χ1) is 6.61. The molecule has 5 heteroatoms. The minimum Gasteiger partial charge on any atom is -0.478 e. The number of fused-ring (bicyclic) bond motifs is 1. The van der Waals surface area contributed by atoms with E-state index in [9.17, 15) is 9.18 Å². The van der Waals surface area contributed by atoms with Crippen molar-refractivity contribution in [3.05, 3.63) is 28.9 Å². The number of hydrogen-bond donors (Lipinski definition) is 2. The SMILES string of the molecule is O=C(O)c1cc(S)c(F)c2sccc12. The van der Waals surface area contributed by atoms with Crippen LogP contribution in [0.4, 0.5) is 4.39 Å². The molecule has 0 fully saturated rings. The fraction of sp³-hybridized carbons (Fsp3) is 0. The van der Waals surface area contributed by atoms with Crippen LogP contribution in [0.25, 0.3) is 10.1 Å². The van der Waals surface area contributed by atoms with E-state index in [4.69, 9.17) is 5.11 Å². The molecule has 0 saturated heterocycles. The summed E-state index contributed by atoms with van der Waals surface area (Å²) in [5.74, 6) is -1.52. The molecule has 0 aliphatic rings. The molecule has 72 valence electrons. The number of thiophene rings is 1. The highest BCUT2D eigenvalue weighted by atomic mass is 32.1. The summed E-state index contributed by atoms with van der Waals surface area (Å²) in [6, 6.07) is 2.83. The molecule has 0 radical (unpaired) electrons. The van der Waals surface area contributed by atoms with Crippen molar-refractivity contribution in [2.45, 2.75) is 4.90 Å². The van der Waals surface area contributed by atoms with Gasteiger partial charge in [-0.3, -0.25) is 0 Å². The van der Waals surface area contributed by atoms with Crippen LogP contribution in [0.1, 0.15) is 10.4 Å². The second kappa shape index (κ2) is 3.25. The molecule has 0 spiro atoms. The first-order valence-corrected chi connectivity index (χ1v) is 5.06. The van der Waals surface area contributed by atoms with Crippen LogP contribution in [-0.4, -0.2) is 11.1 Å². The van der Waals surface area contributed by atoms with Gasteiger partial charge >= 0.3 is 5.97 Å². The lowest BCUT2D eigenvalue weighted by Crippen LogP contribution is -1.97. The Morgan fingerprint density at radius 1 is 1.57 bits per heavy atom. The topological polar surface area (TPSA) is 37.3 Å². The van der Waals surface area contributed by atoms with E-state index in [0.29, 0.717) is 10.1 Å². The number of rotatable bonds is 1. The molecule has 14 heavy (non-hydrogen) atoms.